The highest BCUT2D eigenvalue weighted by Gasteiger charge is 2.42. The Morgan fingerprint density at radius 1 is 1.58 bits per heavy atom. The van der Waals surface area contributed by atoms with Gasteiger partial charge >= 0.3 is 0 Å². The summed E-state index contributed by atoms with van der Waals surface area (Å²) in [6.07, 6.45) is 6.22. The smallest absolute Gasteiger partial charge is 0.137 e. The van der Waals surface area contributed by atoms with Gasteiger partial charge in [-0.15, -0.1) is 0 Å². The fourth-order valence-electron chi connectivity index (χ4n) is 1.25. The molecular weight excluding hydrogens is 152 g/mol. The molecule has 1 fully saturated rings. The second kappa shape index (κ2) is 2.59. The van der Waals surface area contributed by atoms with Crippen molar-refractivity contribution in [2.24, 2.45) is 5.41 Å². The molecule has 4 nitrogen and oxygen atoms in total. The molecule has 2 rings (SSSR count). The van der Waals surface area contributed by atoms with Crippen molar-refractivity contribution in [3.8, 4) is 6.07 Å². The van der Waals surface area contributed by atoms with Gasteiger partial charge in [-0.05, 0) is 19.3 Å². The molecule has 1 aromatic rings. The molecule has 4 heteroatoms. The fourth-order valence-corrected chi connectivity index (χ4v) is 1.25. The average Bonchev–Trinajstić information content (AvgIpc) is 2.70. The molecule has 0 radical (unpaired) electrons. The minimum absolute atomic E-state index is 0.0219. The van der Waals surface area contributed by atoms with Crippen LogP contribution < -0.4 is 0 Å². The van der Waals surface area contributed by atoms with Gasteiger partial charge in [0.2, 0.25) is 0 Å². The van der Waals surface area contributed by atoms with Gasteiger partial charge in [0.25, 0.3) is 0 Å². The zero-order chi connectivity index (χ0) is 8.44. The van der Waals surface area contributed by atoms with Gasteiger partial charge in [-0.25, -0.2) is 4.98 Å². The molecule has 0 bridgehead atoms. The van der Waals surface area contributed by atoms with Crippen LogP contribution in [0.25, 0.3) is 0 Å². The average molecular weight is 162 g/mol. The normalized spacial score (nSPS) is 18.6. The second-order valence-corrected chi connectivity index (χ2v) is 3.30. The molecule has 1 aromatic heterocycles. The van der Waals surface area contributed by atoms with Crippen LogP contribution in [0.15, 0.2) is 12.7 Å². The summed E-state index contributed by atoms with van der Waals surface area (Å²) < 4.78 is 1.78. The summed E-state index contributed by atoms with van der Waals surface area (Å²) in [6, 6.07) is 2.35. The Hall–Kier alpha value is -1.37. The monoisotopic (exact) mass is 162 g/mol. The lowest BCUT2D eigenvalue weighted by molar-refractivity contribution is 0.488. The van der Waals surface area contributed by atoms with E-state index in [0.717, 1.165) is 25.8 Å². The van der Waals surface area contributed by atoms with Gasteiger partial charge in [0.15, 0.2) is 0 Å². The molecule has 1 aliphatic rings. The minimum Gasteiger partial charge on any atom is -0.253 e. The van der Waals surface area contributed by atoms with E-state index in [1.165, 1.54) is 6.33 Å². The van der Waals surface area contributed by atoms with Crippen LogP contribution >= 0.6 is 0 Å². The fraction of sp³-hybridized carbons (Fsp3) is 0.625. The Morgan fingerprint density at radius 3 is 2.92 bits per heavy atom. The maximum Gasteiger partial charge on any atom is 0.137 e. The summed E-state index contributed by atoms with van der Waals surface area (Å²) in [7, 11) is 0. The Balaban J connectivity index is 1.88. The van der Waals surface area contributed by atoms with Gasteiger partial charge in [0, 0.05) is 6.54 Å². The molecule has 0 saturated heterocycles. The van der Waals surface area contributed by atoms with Crippen LogP contribution in [0.1, 0.15) is 19.3 Å². The van der Waals surface area contributed by atoms with E-state index in [0.29, 0.717) is 0 Å². The third-order valence-electron chi connectivity index (χ3n) is 2.38. The van der Waals surface area contributed by atoms with Crippen LogP contribution in [0, 0.1) is 16.7 Å². The molecule has 0 atom stereocenters. The third kappa shape index (κ3) is 1.30. The molecule has 12 heavy (non-hydrogen) atoms. The predicted octanol–water partition coefficient (Wildman–Crippen LogP) is 0.972. The van der Waals surface area contributed by atoms with Gasteiger partial charge < -0.3 is 0 Å². The molecule has 62 valence electrons. The van der Waals surface area contributed by atoms with E-state index in [-0.39, 0.29) is 5.41 Å². The standard InChI is InChI=1S/C8H10N4/c9-5-8(1-2-8)3-4-12-7-10-6-11-12/h6-7H,1-4H2. The van der Waals surface area contributed by atoms with E-state index < -0.39 is 0 Å². The zero-order valence-corrected chi connectivity index (χ0v) is 6.77. The van der Waals surface area contributed by atoms with Crippen LogP contribution in [0.5, 0.6) is 0 Å². The first-order valence-corrected chi connectivity index (χ1v) is 4.08. The number of aryl methyl sites for hydroxylation is 1. The molecule has 1 heterocycles. The van der Waals surface area contributed by atoms with Crippen LogP contribution in [-0.4, -0.2) is 14.8 Å². The van der Waals surface area contributed by atoms with Crippen LogP contribution in [0.3, 0.4) is 0 Å². The molecular formula is C8H10N4. The lowest BCUT2D eigenvalue weighted by atomic mass is 10.1. The minimum atomic E-state index is -0.0219. The van der Waals surface area contributed by atoms with Crippen molar-refractivity contribution in [1.82, 2.24) is 14.8 Å². The van der Waals surface area contributed by atoms with Gasteiger partial charge in [0.1, 0.15) is 12.7 Å². The first-order valence-electron chi connectivity index (χ1n) is 4.08. The van der Waals surface area contributed by atoms with E-state index in [1.807, 2.05) is 0 Å². The highest BCUT2D eigenvalue weighted by molar-refractivity contribution is 5.09. The van der Waals surface area contributed by atoms with Crippen molar-refractivity contribution >= 4 is 0 Å². The van der Waals surface area contributed by atoms with E-state index in [9.17, 15) is 0 Å². The van der Waals surface area contributed by atoms with Crippen LogP contribution in [0.4, 0.5) is 0 Å². The van der Waals surface area contributed by atoms with Gasteiger partial charge in [-0.1, -0.05) is 0 Å². The van der Waals surface area contributed by atoms with Crippen LogP contribution in [-0.2, 0) is 6.54 Å². The van der Waals surface area contributed by atoms with Crippen molar-refractivity contribution in [2.75, 3.05) is 0 Å². The van der Waals surface area contributed by atoms with Gasteiger partial charge in [-0.3, -0.25) is 4.68 Å². The number of aromatic nitrogens is 3. The number of nitrogens with zero attached hydrogens (tertiary/aromatic N) is 4. The lowest BCUT2D eigenvalue weighted by Gasteiger charge is -2.03. The number of nitriles is 1. The van der Waals surface area contributed by atoms with Gasteiger partial charge in [-0.2, -0.15) is 10.4 Å². The molecule has 0 N–H and O–H groups in total. The van der Waals surface area contributed by atoms with E-state index >= 15 is 0 Å². The Morgan fingerprint density at radius 2 is 2.42 bits per heavy atom. The summed E-state index contributed by atoms with van der Waals surface area (Å²) in [6.45, 7) is 0.813. The SMILES string of the molecule is N#CC1(CCn2cncn2)CC1. The molecule has 0 aliphatic heterocycles. The molecule has 1 saturated carbocycles. The number of hydrogen-bond acceptors (Lipinski definition) is 3. The third-order valence-corrected chi connectivity index (χ3v) is 2.38. The molecule has 0 spiro atoms. The largest absolute Gasteiger partial charge is 0.253 e. The quantitative estimate of drug-likeness (QED) is 0.665. The number of rotatable bonds is 3. The first kappa shape index (κ1) is 7.29. The predicted molar refractivity (Wildman–Crippen MR) is 41.9 cm³/mol. The highest BCUT2D eigenvalue weighted by Crippen LogP contribution is 2.48. The molecule has 0 aromatic carbocycles. The molecule has 0 unspecified atom stereocenters. The summed E-state index contributed by atoms with van der Waals surface area (Å²) in [4.78, 5) is 3.84. The zero-order valence-electron chi connectivity index (χ0n) is 6.77. The van der Waals surface area contributed by atoms with Crippen molar-refractivity contribution < 1.29 is 0 Å². The summed E-state index contributed by atoms with van der Waals surface area (Å²) >= 11 is 0. The lowest BCUT2D eigenvalue weighted by Crippen LogP contribution is -2.05. The van der Waals surface area contributed by atoms with Crippen LogP contribution in [0.2, 0.25) is 0 Å². The summed E-state index contributed by atoms with van der Waals surface area (Å²) in [5.41, 5.74) is -0.0219. The number of hydrogen-bond donors (Lipinski definition) is 0. The van der Waals surface area contributed by atoms with Gasteiger partial charge in [0.05, 0.1) is 11.5 Å². The maximum atomic E-state index is 8.79. The summed E-state index contributed by atoms with van der Waals surface area (Å²) in [5, 5.41) is 12.8. The Labute approximate surface area is 70.8 Å². The summed E-state index contributed by atoms with van der Waals surface area (Å²) in [5.74, 6) is 0. The van der Waals surface area contributed by atoms with Crippen molar-refractivity contribution in [3.05, 3.63) is 12.7 Å². The van der Waals surface area contributed by atoms with Crippen molar-refractivity contribution in [3.63, 3.8) is 0 Å². The van der Waals surface area contributed by atoms with E-state index in [4.69, 9.17) is 5.26 Å². The van der Waals surface area contributed by atoms with Crippen molar-refractivity contribution in [1.29, 1.82) is 5.26 Å². The topological polar surface area (TPSA) is 54.5 Å². The maximum absolute atomic E-state index is 8.79. The van der Waals surface area contributed by atoms with E-state index in [2.05, 4.69) is 16.2 Å². The Kier molecular flexibility index (Phi) is 1.58. The molecule has 0 amide bonds. The van der Waals surface area contributed by atoms with E-state index in [1.54, 1.807) is 11.0 Å². The Bertz CT molecular complexity index is 291. The molecule has 1 aliphatic carbocycles. The van der Waals surface area contributed by atoms with Crippen molar-refractivity contribution in [2.45, 2.75) is 25.8 Å². The first-order chi connectivity index (χ1) is 5.85. The highest BCUT2D eigenvalue weighted by atomic mass is 15.3. The second-order valence-electron chi connectivity index (χ2n) is 3.30.